The third kappa shape index (κ3) is 3.16. The smallest absolute Gasteiger partial charge is 0.410 e. The number of ether oxygens (including phenoxy) is 1. The molecule has 0 radical (unpaired) electrons. The summed E-state index contributed by atoms with van der Waals surface area (Å²) in [6.07, 6.45) is 3.32. The minimum atomic E-state index is -0.166. The highest BCUT2D eigenvalue weighted by Gasteiger charge is 2.57. The molecule has 1 heterocycles. The molecule has 1 saturated carbocycles. The van der Waals surface area contributed by atoms with Gasteiger partial charge in [0.25, 0.3) is 0 Å². The van der Waals surface area contributed by atoms with Crippen molar-refractivity contribution in [1.82, 2.24) is 4.90 Å². The fraction of sp³-hybridized carbons (Fsp3) is 0.381. The Kier molecular flexibility index (Phi) is 4.01. The van der Waals surface area contributed by atoms with E-state index in [0.29, 0.717) is 17.9 Å². The zero-order valence-corrected chi connectivity index (χ0v) is 13.9. The number of likely N-dealkylation sites (tertiary alicyclic amines) is 1. The van der Waals surface area contributed by atoms with Crippen molar-refractivity contribution in [3.8, 4) is 0 Å². The second-order valence-corrected chi connectivity index (χ2v) is 7.16. The van der Waals surface area contributed by atoms with Crippen LogP contribution in [0.3, 0.4) is 0 Å². The quantitative estimate of drug-likeness (QED) is 0.841. The van der Waals surface area contributed by atoms with Gasteiger partial charge < -0.3 is 9.64 Å². The normalized spacial score (nSPS) is 25.0. The van der Waals surface area contributed by atoms with Gasteiger partial charge in [-0.15, -0.1) is 0 Å². The van der Waals surface area contributed by atoms with Gasteiger partial charge in [0.1, 0.15) is 6.61 Å². The zero-order valence-electron chi connectivity index (χ0n) is 13.9. The summed E-state index contributed by atoms with van der Waals surface area (Å²) in [5, 5.41) is 0. The first-order valence-electron chi connectivity index (χ1n) is 8.75. The van der Waals surface area contributed by atoms with Gasteiger partial charge in [-0.2, -0.15) is 0 Å². The number of hydrogen-bond donors (Lipinski definition) is 0. The molecule has 0 aromatic heterocycles. The van der Waals surface area contributed by atoms with Gasteiger partial charge in [-0.05, 0) is 41.7 Å². The van der Waals surface area contributed by atoms with Crippen LogP contribution in [0.15, 0.2) is 60.7 Å². The molecule has 24 heavy (non-hydrogen) atoms. The maximum Gasteiger partial charge on any atom is 0.410 e. The average molecular weight is 321 g/mol. The first-order chi connectivity index (χ1) is 11.8. The molecule has 124 valence electrons. The van der Waals surface area contributed by atoms with Crippen LogP contribution in [0.1, 0.15) is 24.0 Å². The molecule has 1 saturated heterocycles. The van der Waals surface area contributed by atoms with Crippen molar-refractivity contribution in [2.24, 2.45) is 11.3 Å². The minimum absolute atomic E-state index is 0.166. The Hall–Kier alpha value is -2.29. The van der Waals surface area contributed by atoms with E-state index in [4.69, 9.17) is 4.74 Å². The molecule has 2 aromatic carbocycles. The maximum atomic E-state index is 12.3. The molecule has 2 fully saturated rings. The summed E-state index contributed by atoms with van der Waals surface area (Å²) in [6, 6.07) is 20.5. The lowest BCUT2D eigenvalue weighted by atomic mass is 9.98. The van der Waals surface area contributed by atoms with Crippen molar-refractivity contribution >= 4 is 6.09 Å². The van der Waals surface area contributed by atoms with Crippen molar-refractivity contribution in [2.45, 2.75) is 25.9 Å². The maximum absolute atomic E-state index is 12.3. The molecule has 2 atom stereocenters. The fourth-order valence-electron chi connectivity index (χ4n) is 3.98. The van der Waals surface area contributed by atoms with Gasteiger partial charge in [0.05, 0.1) is 0 Å². The molecular formula is C21H23NO2. The topological polar surface area (TPSA) is 29.5 Å². The van der Waals surface area contributed by atoms with Gasteiger partial charge in [-0.1, -0.05) is 60.7 Å². The zero-order chi connectivity index (χ0) is 16.4. The number of rotatable bonds is 4. The number of benzene rings is 2. The van der Waals surface area contributed by atoms with Crippen LogP contribution in [0.25, 0.3) is 0 Å². The fourth-order valence-corrected chi connectivity index (χ4v) is 3.98. The summed E-state index contributed by atoms with van der Waals surface area (Å²) in [6.45, 7) is 2.05. The number of hydrogen-bond acceptors (Lipinski definition) is 2. The molecule has 1 aliphatic heterocycles. The SMILES string of the molecule is O=C(OCc1ccccc1)N1CCC2(CC2Cc2ccccc2)C1. The van der Waals surface area contributed by atoms with Gasteiger partial charge in [0.15, 0.2) is 0 Å². The van der Waals surface area contributed by atoms with Gasteiger partial charge in [-0.3, -0.25) is 0 Å². The molecule has 1 amide bonds. The number of carbonyl (C=O) groups is 1. The van der Waals surface area contributed by atoms with Crippen LogP contribution in [-0.4, -0.2) is 24.1 Å². The summed E-state index contributed by atoms with van der Waals surface area (Å²) < 4.78 is 5.47. The summed E-state index contributed by atoms with van der Waals surface area (Å²) in [5.41, 5.74) is 2.79. The molecule has 4 rings (SSSR count). The Morgan fingerprint density at radius 2 is 1.71 bits per heavy atom. The lowest BCUT2D eigenvalue weighted by Crippen LogP contribution is -2.29. The van der Waals surface area contributed by atoms with Crippen LogP contribution in [0, 0.1) is 11.3 Å². The van der Waals surface area contributed by atoms with E-state index in [9.17, 15) is 4.79 Å². The Balaban J connectivity index is 1.28. The van der Waals surface area contributed by atoms with Crippen LogP contribution < -0.4 is 0 Å². The van der Waals surface area contributed by atoms with E-state index in [2.05, 4.69) is 30.3 Å². The third-order valence-electron chi connectivity index (χ3n) is 5.53. The van der Waals surface area contributed by atoms with Crippen molar-refractivity contribution in [2.75, 3.05) is 13.1 Å². The van der Waals surface area contributed by atoms with E-state index < -0.39 is 0 Å². The van der Waals surface area contributed by atoms with Gasteiger partial charge in [0, 0.05) is 13.1 Å². The molecule has 2 unspecified atom stereocenters. The molecule has 3 heteroatoms. The second kappa shape index (κ2) is 6.31. The minimum Gasteiger partial charge on any atom is -0.445 e. The summed E-state index contributed by atoms with van der Waals surface area (Å²) in [7, 11) is 0. The Morgan fingerprint density at radius 3 is 2.42 bits per heavy atom. The van der Waals surface area contributed by atoms with E-state index >= 15 is 0 Å². The van der Waals surface area contributed by atoms with Crippen LogP contribution in [0.5, 0.6) is 0 Å². The molecule has 0 N–H and O–H groups in total. The highest BCUT2D eigenvalue weighted by molar-refractivity contribution is 5.68. The molecule has 2 aliphatic rings. The van der Waals surface area contributed by atoms with Crippen molar-refractivity contribution < 1.29 is 9.53 Å². The van der Waals surface area contributed by atoms with E-state index in [1.165, 1.54) is 12.0 Å². The van der Waals surface area contributed by atoms with Crippen molar-refractivity contribution in [3.63, 3.8) is 0 Å². The largest absolute Gasteiger partial charge is 0.445 e. The van der Waals surface area contributed by atoms with E-state index in [1.54, 1.807) is 0 Å². The van der Waals surface area contributed by atoms with E-state index in [1.807, 2.05) is 35.2 Å². The van der Waals surface area contributed by atoms with E-state index in [-0.39, 0.29) is 6.09 Å². The first kappa shape index (κ1) is 15.3. The Morgan fingerprint density at radius 1 is 1.04 bits per heavy atom. The molecule has 0 bridgehead atoms. The van der Waals surface area contributed by atoms with Gasteiger partial charge in [-0.25, -0.2) is 4.79 Å². The average Bonchev–Trinajstić information content (AvgIpc) is 3.09. The van der Waals surface area contributed by atoms with Crippen molar-refractivity contribution in [1.29, 1.82) is 0 Å². The number of nitrogens with zero attached hydrogens (tertiary/aromatic N) is 1. The van der Waals surface area contributed by atoms with Gasteiger partial charge >= 0.3 is 6.09 Å². The molecule has 1 spiro atoms. The molecule has 3 nitrogen and oxygen atoms in total. The summed E-state index contributed by atoms with van der Waals surface area (Å²) in [5.74, 6) is 0.715. The van der Waals surface area contributed by atoms with Crippen LogP contribution in [-0.2, 0) is 17.8 Å². The third-order valence-corrected chi connectivity index (χ3v) is 5.53. The Bertz CT molecular complexity index is 700. The number of carbonyl (C=O) groups excluding carboxylic acids is 1. The first-order valence-corrected chi connectivity index (χ1v) is 8.75. The molecule has 1 aliphatic carbocycles. The highest BCUT2D eigenvalue weighted by Crippen LogP contribution is 2.59. The second-order valence-electron chi connectivity index (χ2n) is 7.16. The Labute approximate surface area is 143 Å². The van der Waals surface area contributed by atoms with Crippen LogP contribution in [0.4, 0.5) is 4.79 Å². The summed E-state index contributed by atoms with van der Waals surface area (Å²) in [4.78, 5) is 14.2. The van der Waals surface area contributed by atoms with Crippen LogP contribution in [0.2, 0.25) is 0 Å². The lowest BCUT2D eigenvalue weighted by molar-refractivity contribution is 0.102. The highest BCUT2D eigenvalue weighted by atomic mass is 16.6. The lowest BCUT2D eigenvalue weighted by Gasteiger charge is -2.16. The van der Waals surface area contributed by atoms with E-state index in [0.717, 1.165) is 31.5 Å². The molecular weight excluding hydrogens is 298 g/mol. The standard InChI is InChI=1S/C21H23NO2/c23-20(24-15-18-9-5-2-6-10-18)22-12-11-21(16-22)14-19(21)13-17-7-3-1-4-8-17/h1-10,19H,11-16H2. The summed E-state index contributed by atoms with van der Waals surface area (Å²) >= 11 is 0. The monoisotopic (exact) mass is 321 g/mol. The van der Waals surface area contributed by atoms with Gasteiger partial charge in [0.2, 0.25) is 0 Å². The number of amides is 1. The van der Waals surface area contributed by atoms with Crippen LogP contribution >= 0.6 is 0 Å². The predicted molar refractivity (Wildman–Crippen MR) is 93.5 cm³/mol. The molecule has 2 aromatic rings. The predicted octanol–water partition coefficient (Wildman–Crippen LogP) is 4.28. The van der Waals surface area contributed by atoms with Crippen molar-refractivity contribution in [3.05, 3.63) is 71.8 Å².